The lowest BCUT2D eigenvalue weighted by molar-refractivity contribution is -0.126. The molecule has 1 saturated heterocycles. The fourth-order valence-corrected chi connectivity index (χ4v) is 2.45. The number of piperazine rings is 1. The van der Waals surface area contributed by atoms with Crippen LogP contribution in [0.3, 0.4) is 0 Å². The number of carbonyl (C=O) groups excluding carboxylic acids is 1. The summed E-state index contributed by atoms with van der Waals surface area (Å²) in [4.78, 5) is 16.2. The van der Waals surface area contributed by atoms with E-state index < -0.39 is 0 Å². The summed E-state index contributed by atoms with van der Waals surface area (Å²) in [6.45, 7) is 6.21. The summed E-state index contributed by atoms with van der Waals surface area (Å²) in [6, 6.07) is 0.600. The minimum absolute atomic E-state index is 0.0665. The van der Waals surface area contributed by atoms with Crippen molar-refractivity contribution in [2.24, 2.45) is 5.92 Å². The number of hydrogen-bond donors (Lipinski definition) is 2. The van der Waals surface area contributed by atoms with Crippen LogP contribution in [0.5, 0.6) is 6.01 Å². The lowest BCUT2D eigenvalue weighted by Gasteiger charge is -2.32. The van der Waals surface area contributed by atoms with E-state index in [0.29, 0.717) is 19.2 Å². The van der Waals surface area contributed by atoms with E-state index in [0.717, 1.165) is 12.2 Å². The number of nitrogens with one attached hydrogen (secondary N) is 2. The number of rotatable bonds is 2. The van der Waals surface area contributed by atoms with Crippen LogP contribution in [0.25, 0.3) is 0 Å². The average Bonchev–Trinajstić information content (AvgIpc) is 2.89. The molecule has 1 aromatic heterocycles. The van der Waals surface area contributed by atoms with Gasteiger partial charge in [0.25, 0.3) is 6.01 Å². The van der Waals surface area contributed by atoms with Crippen LogP contribution in [0.1, 0.15) is 25.6 Å². The molecule has 2 aliphatic heterocycles. The molecule has 1 amide bonds. The zero-order valence-corrected chi connectivity index (χ0v) is 10.6. The van der Waals surface area contributed by atoms with Gasteiger partial charge in [-0.3, -0.25) is 14.7 Å². The number of fused-ring (bicyclic) bond motifs is 1. The summed E-state index contributed by atoms with van der Waals surface area (Å²) in [5.74, 6) is 0.336. The van der Waals surface area contributed by atoms with Crippen LogP contribution in [0, 0.1) is 5.92 Å². The zero-order chi connectivity index (χ0) is 12.7. The van der Waals surface area contributed by atoms with Crippen LogP contribution < -0.4 is 15.4 Å². The third kappa shape index (κ3) is 1.86. The molecule has 0 saturated carbocycles. The van der Waals surface area contributed by atoms with Crippen molar-refractivity contribution in [1.29, 1.82) is 0 Å². The highest BCUT2D eigenvalue weighted by molar-refractivity contribution is 5.82. The highest BCUT2D eigenvalue weighted by Gasteiger charge is 2.32. The Morgan fingerprint density at radius 3 is 3.11 bits per heavy atom. The number of nitrogens with zero attached hydrogens (tertiary/aromatic N) is 2. The molecule has 2 N–H and O–H groups in total. The molecule has 2 aliphatic rings. The first-order valence-electron chi connectivity index (χ1n) is 6.39. The average molecular weight is 250 g/mol. The van der Waals surface area contributed by atoms with E-state index in [9.17, 15) is 4.79 Å². The van der Waals surface area contributed by atoms with Crippen molar-refractivity contribution in [3.63, 3.8) is 0 Å². The highest BCUT2D eigenvalue weighted by Crippen LogP contribution is 2.23. The minimum Gasteiger partial charge on any atom is -0.463 e. The molecule has 1 aromatic rings. The number of carbonyl (C=O) groups is 1. The Labute approximate surface area is 106 Å². The van der Waals surface area contributed by atoms with Gasteiger partial charge in [0.1, 0.15) is 6.61 Å². The monoisotopic (exact) mass is 250 g/mol. The second kappa shape index (κ2) is 4.28. The van der Waals surface area contributed by atoms with E-state index in [2.05, 4.69) is 15.6 Å². The van der Waals surface area contributed by atoms with Gasteiger partial charge in [0.2, 0.25) is 5.91 Å². The van der Waals surface area contributed by atoms with Gasteiger partial charge < -0.3 is 10.1 Å². The van der Waals surface area contributed by atoms with Gasteiger partial charge in [-0.1, -0.05) is 13.8 Å². The van der Waals surface area contributed by atoms with Crippen LogP contribution in [0.4, 0.5) is 0 Å². The second-order valence-corrected chi connectivity index (χ2v) is 5.18. The Morgan fingerprint density at radius 1 is 1.56 bits per heavy atom. The SMILES string of the molecule is CC(C)[C@@H]1NC(c2cn3c(n2)OCC3)CNC1=O. The predicted molar refractivity (Wildman–Crippen MR) is 65.2 cm³/mol. The summed E-state index contributed by atoms with van der Waals surface area (Å²) in [5, 5.41) is 6.30. The maximum absolute atomic E-state index is 11.7. The van der Waals surface area contributed by atoms with E-state index in [4.69, 9.17) is 4.74 Å². The maximum atomic E-state index is 11.7. The van der Waals surface area contributed by atoms with Crippen LogP contribution in [0.2, 0.25) is 0 Å². The summed E-state index contributed by atoms with van der Waals surface area (Å²) in [7, 11) is 0. The Bertz CT molecular complexity index is 447. The molecule has 98 valence electrons. The van der Waals surface area contributed by atoms with Gasteiger partial charge in [0.15, 0.2) is 0 Å². The van der Waals surface area contributed by atoms with Crippen LogP contribution in [-0.2, 0) is 11.3 Å². The Morgan fingerprint density at radius 2 is 2.39 bits per heavy atom. The van der Waals surface area contributed by atoms with Gasteiger partial charge in [0.05, 0.1) is 24.3 Å². The van der Waals surface area contributed by atoms with E-state index in [-0.39, 0.29) is 23.9 Å². The van der Waals surface area contributed by atoms with Crippen molar-refractivity contribution in [1.82, 2.24) is 20.2 Å². The number of ether oxygens (including phenoxy) is 1. The lowest BCUT2D eigenvalue weighted by atomic mass is 9.99. The normalized spacial score (nSPS) is 26.9. The predicted octanol–water partition coefficient (Wildman–Crippen LogP) is 0.0606. The summed E-state index contributed by atoms with van der Waals surface area (Å²) in [6.07, 6.45) is 2.01. The molecule has 2 atom stereocenters. The molecule has 18 heavy (non-hydrogen) atoms. The molecule has 0 spiro atoms. The molecular weight excluding hydrogens is 232 g/mol. The maximum Gasteiger partial charge on any atom is 0.296 e. The molecule has 0 radical (unpaired) electrons. The van der Waals surface area contributed by atoms with Crippen molar-refractivity contribution in [3.8, 4) is 6.01 Å². The van der Waals surface area contributed by atoms with Crippen LogP contribution in [0.15, 0.2) is 6.20 Å². The van der Waals surface area contributed by atoms with E-state index in [1.54, 1.807) is 0 Å². The first-order valence-corrected chi connectivity index (χ1v) is 6.39. The van der Waals surface area contributed by atoms with Gasteiger partial charge in [0, 0.05) is 12.7 Å². The molecule has 3 rings (SSSR count). The molecule has 6 heteroatoms. The lowest BCUT2D eigenvalue weighted by Crippen LogP contribution is -2.56. The number of aromatic nitrogens is 2. The summed E-state index contributed by atoms with van der Waals surface area (Å²) < 4.78 is 7.41. The van der Waals surface area contributed by atoms with Gasteiger partial charge in [-0.2, -0.15) is 4.98 Å². The van der Waals surface area contributed by atoms with Gasteiger partial charge >= 0.3 is 0 Å². The van der Waals surface area contributed by atoms with E-state index >= 15 is 0 Å². The molecule has 0 aromatic carbocycles. The van der Waals surface area contributed by atoms with Gasteiger partial charge in [-0.15, -0.1) is 0 Å². The third-order valence-corrected chi connectivity index (χ3v) is 3.49. The van der Waals surface area contributed by atoms with Crippen molar-refractivity contribution in [3.05, 3.63) is 11.9 Å². The topological polar surface area (TPSA) is 68.2 Å². The first-order chi connectivity index (χ1) is 8.65. The summed E-state index contributed by atoms with van der Waals surface area (Å²) >= 11 is 0. The number of amides is 1. The smallest absolute Gasteiger partial charge is 0.296 e. The standard InChI is InChI=1S/C12H18N4O2/c1-7(2)10-11(17)13-5-8(14-10)9-6-16-3-4-18-12(16)15-9/h6-8,10,14H,3-5H2,1-2H3,(H,13,17)/t8?,10-/m0/s1. The minimum atomic E-state index is -0.152. The number of hydrogen-bond acceptors (Lipinski definition) is 4. The number of imidazole rings is 1. The quantitative estimate of drug-likeness (QED) is 0.779. The fourth-order valence-electron chi connectivity index (χ4n) is 2.45. The van der Waals surface area contributed by atoms with E-state index in [1.807, 2.05) is 24.6 Å². The molecule has 0 bridgehead atoms. The Balaban J connectivity index is 1.78. The largest absolute Gasteiger partial charge is 0.463 e. The van der Waals surface area contributed by atoms with Gasteiger partial charge in [-0.25, -0.2) is 0 Å². The van der Waals surface area contributed by atoms with Crippen LogP contribution in [-0.4, -0.2) is 34.7 Å². The van der Waals surface area contributed by atoms with Crippen molar-refractivity contribution < 1.29 is 9.53 Å². The van der Waals surface area contributed by atoms with Crippen molar-refractivity contribution in [2.45, 2.75) is 32.5 Å². The Hall–Kier alpha value is -1.56. The van der Waals surface area contributed by atoms with E-state index in [1.165, 1.54) is 0 Å². The molecule has 3 heterocycles. The highest BCUT2D eigenvalue weighted by atomic mass is 16.5. The first kappa shape index (κ1) is 11.5. The zero-order valence-electron chi connectivity index (χ0n) is 10.6. The molecule has 1 unspecified atom stereocenters. The molecule has 1 fully saturated rings. The molecule has 0 aliphatic carbocycles. The summed E-state index contributed by atoms with van der Waals surface area (Å²) in [5.41, 5.74) is 0.940. The van der Waals surface area contributed by atoms with Gasteiger partial charge in [-0.05, 0) is 5.92 Å². The fraction of sp³-hybridized carbons (Fsp3) is 0.667. The molecule has 6 nitrogen and oxygen atoms in total. The second-order valence-electron chi connectivity index (χ2n) is 5.18. The van der Waals surface area contributed by atoms with Crippen molar-refractivity contribution >= 4 is 5.91 Å². The van der Waals surface area contributed by atoms with Crippen LogP contribution >= 0.6 is 0 Å². The third-order valence-electron chi connectivity index (χ3n) is 3.49. The molecular formula is C12H18N4O2. The Kier molecular flexibility index (Phi) is 2.74. The van der Waals surface area contributed by atoms with Crippen molar-refractivity contribution in [2.75, 3.05) is 13.2 Å².